The molecule has 1 N–H and O–H groups in total. The number of aliphatic hydroxyl groups is 1. The zero-order valence-corrected chi connectivity index (χ0v) is 22.0. The number of hydrogen-bond acceptors (Lipinski definition) is 9. The van der Waals surface area contributed by atoms with Crippen molar-refractivity contribution in [3.05, 3.63) is 54.6 Å². The molecule has 6 rings (SSSR count). The van der Waals surface area contributed by atoms with E-state index in [-0.39, 0.29) is 24.9 Å². The zero-order valence-electron chi connectivity index (χ0n) is 22.0. The highest BCUT2D eigenvalue weighted by Gasteiger charge is 2.93. The van der Waals surface area contributed by atoms with Gasteiger partial charge in [-0.3, -0.25) is 14.4 Å². The number of benzene rings is 1. The Morgan fingerprint density at radius 3 is 2.56 bits per heavy atom. The van der Waals surface area contributed by atoms with Crippen LogP contribution in [0.2, 0.25) is 0 Å². The molecule has 6 atom stereocenters. The molecule has 1 aromatic carbocycles. The highest BCUT2D eigenvalue weighted by atomic mass is 16.6. The molecule has 0 unspecified atom stereocenters. The number of nitrogens with zero attached hydrogens (tertiary/aromatic N) is 3. The highest BCUT2D eigenvalue weighted by molar-refractivity contribution is 5.99. The van der Waals surface area contributed by atoms with Crippen LogP contribution in [0.1, 0.15) is 50.4 Å². The molecule has 1 amide bonds. The fraction of sp³-hybridized carbons (Fsp3) is 0.536. The van der Waals surface area contributed by atoms with E-state index < -0.39 is 64.1 Å². The molecule has 3 aliphatic heterocycles. The van der Waals surface area contributed by atoms with Gasteiger partial charge in [-0.15, -0.1) is 0 Å². The van der Waals surface area contributed by atoms with Crippen LogP contribution in [0.5, 0.6) is 0 Å². The molecule has 1 saturated carbocycles. The summed E-state index contributed by atoms with van der Waals surface area (Å²) in [6.07, 6.45) is 1.25. The zero-order chi connectivity index (χ0) is 27.8. The van der Waals surface area contributed by atoms with E-state index in [9.17, 15) is 24.3 Å². The molecule has 4 aliphatic rings. The van der Waals surface area contributed by atoms with Crippen LogP contribution in [-0.4, -0.2) is 74.0 Å². The van der Waals surface area contributed by atoms with Crippen LogP contribution < -0.4 is 0 Å². The number of aromatic nitrogens is 2. The maximum absolute atomic E-state index is 14.2. The van der Waals surface area contributed by atoms with E-state index in [0.717, 1.165) is 0 Å². The summed E-state index contributed by atoms with van der Waals surface area (Å²) < 4.78 is 19.4. The third-order valence-electron chi connectivity index (χ3n) is 9.18. The van der Waals surface area contributed by atoms with Gasteiger partial charge in [0.1, 0.15) is 16.9 Å². The number of likely N-dealkylation sites (tertiary alicyclic amines) is 1. The number of carbonyl (C=O) groups excluding carboxylic acids is 4. The summed E-state index contributed by atoms with van der Waals surface area (Å²) >= 11 is 0. The first-order valence-electron chi connectivity index (χ1n) is 13.1. The van der Waals surface area contributed by atoms with Crippen LogP contribution in [0.25, 0.3) is 0 Å². The Morgan fingerprint density at radius 1 is 1.15 bits per heavy atom. The first-order chi connectivity index (χ1) is 18.5. The minimum Gasteiger partial charge on any atom is -0.461 e. The summed E-state index contributed by atoms with van der Waals surface area (Å²) in [5.41, 5.74) is -5.95. The van der Waals surface area contributed by atoms with Gasteiger partial charge in [-0.2, -0.15) is 0 Å². The Balaban J connectivity index is 1.49. The number of hydrogen-bond donors (Lipinski definition) is 1. The molecule has 0 radical (unpaired) electrons. The van der Waals surface area contributed by atoms with Crippen molar-refractivity contribution in [1.82, 2.24) is 14.5 Å². The monoisotopic (exact) mass is 537 g/mol. The molecule has 0 bridgehead atoms. The fourth-order valence-electron chi connectivity index (χ4n) is 7.41. The minimum absolute atomic E-state index is 0.0939. The number of aryl methyl sites for hydroxylation is 1. The van der Waals surface area contributed by atoms with E-state index in [2.05, 4.69) is 4.98 Å². The molecule has 4 heterocycles. The van der Waals surface area contributed by atoms with Gasteiger partial charge >= 0.3 is 17.9 Å². The lowest BCUT2D eigenvalue weighted by molar-refractivity contribution is -0.212. The SMILES string of the molecule is CC(C)(C)[C@]1(O)C[C@@H]2OC(=O)C[C@@]23C(=O)O[C@@H]2N(CCCn4ccnc4)C(=O)[C@H](OC(=O)c4ccccc4)[C@]213. The predicted molar refractivity (Wildman–Crippen MR) is 132 cm³/mol. The smallest absolute Gasteiger partial charge is 0.338 e. The van der Waals surface area contributed by atoms with Gasteiger partial charge in [-0.05, 0) is 24.0 Å². The van der Waals surface area contributed by atoms with Crippen molar-refractivity contribution in [2.75, 3.05) is 6.54 Å². The number of carbonyl (C=O) groups is 4. The van der Waals surface area contributed by atoms with Crippen molar-refractivity contribution >= 4 is 23.8 Å². The molecule has 3 saturated heterocycles. The van der Waals surface area contributed by atoms with Gasteiger partial charge < -0.3 is 28.8 Å². The Bertz CT molecular complexity index is 1340. The number of imidazole rings is 1. The summed E-state index contributed by atoms with van der Waals surface area (Å²) in [6.45, 7) is 6.07. The van der Waals surface area contributed by atoms with Crippen molar-refractivity contribution in [2.24, 2.45) is 16.2 Å². The van der Waals surface area contributed by atoms with Crippen molar-refractivity contribution < 1.29 is 38.5 Å². The Kier molecular flexibility index (Phi) is 5.49. The topological polar surface area (TPSA) is 137 Å². The number of ether oxygens (including phenoxy) is 3. The van der Waals surface area contributed by atoms with Crippen LogP contribution in [0.4, 0.5) is 0 Å². The first-order valence-corrected chi connectivity index (χ1v) is 13.1. The molecule has 2 spiro atoms. The van der Waals surface area contributed by atoms with Gasteiger partial charge in [0.25, 0.3) is 5.91 Å². The molecular formula is C28H31N3O8. The third kappa shape index (κ3) is 3.16. The Hall–Kier alpha value is -3.73. The molecule has 11 nitrogen and oxygen atoms in total. The second-order valence-electron chi connectivity index (χ2n) is 11.9. The summed E-state index contributed by atoms with van der Waals surface area (Å²) in [7, 11) is 0. The maximum Gasteiger partial charge on any atom is 0.338 e. The molecule has 4 fully saturated rings. The normalized spacial score (nSPS) is 34.9. The molecule has 206 valence electrons. The van der Waals surface area contributed by atoms with E-state index in [0.29, 0.717) is 13.0 Å². The van der Waals surface area contributed by atoms with Crippen LogP contribution >= 0.6 is 0 Å². The molecule has 39 heavy (non-hydrogen) atoms. The van der Waals surface area contributed by atoms with Crippen molar-refractivity contribution in [1.29, 1.82) is 0 Å². The van der Waals surface area contributed by atoms with Crippen molar-refractivity contribution in [2.45, 2.75) is 70.6 Å². The predicted octanol–water partition coefficient (Wildman–Crippen LogP) is 1.69. The van der Waals surface area contributed by atoms with Crippen LogP contribution in [0.15, 0.2) is 49.1 Å². The summed E-state index contributed by atoms with van der Waals surface area (Å²) in [6, 6.07) is 8.19. The Morgan fingerprint density at radius 2 is 1.90 bits per heavy atom. The van der Waals surface area contributed by atoms with E-state index in [1.165, 1.54) is 4.90 Å². The van der Waals surface area contributed by atoms with Crippen LogP contribution in [0.3, 0.4) is 0 Å². The second-order valence-corrected chi connectivity index (χ2v) is 11.9. The average Bonchev–Trinajstić information content (AvgIpc) is 3.65. The van der Waals surface area contributed by atoms with Gasteiger partial charge in [0.05, 0.1) is 23.9 Å². The van der Waals surface area contributed by atoms with Crippen molar-refractivity contribution in [3.63, 3.8) is 0 Å². The second kappa shape index (κ2) is 8.38. The van der Waals surface area contributed by atoms with Gasteiger partial charge in [0, 0.05) is 31.9 Å². The van der Waals surface area contributed by atoms with E-state index in [1.807, 2.05) is 4.57 Å². The number of amides is 1. The van der Waals surface area contributed by atoms with E-state index in [4.69, 9.17) is 14.2 Å². The maximum atomic E-state index is 14.2. The lowest BCUT2D eigenvalue weighted by Gasteiger charge is -2.51. The molecular weight excluding hydrogens is 506 g/mol. The van der Waals surface area contributed by atoms with Gasteiger partial charge in [-0.25, -0.2) is 9.78 Å². The lowest BCUT2D eigenvalue weighted by Crippen LogP contribution is -2.66. The summed E-state index contributed by atoms with van der Waals surface area (Å²) in [5.74, 6) is -2.70. The molecule has 2 aromatic rings. The first kappa shape index (κ1) is 25.5. The van der Waals surface area contributed by atoms with E-state index >= 15 is 0 Å². The van der Waals surface area contributed by atoms with Gasteiger partial charge in [-0.1, -0.05) is 39.0 Å². The molecule has 11 heteroatoms. The van der Waals surface area contributed by atoms with Gasteiger partial charge in [0.15, 0.2) is 12.3 Å². The number of rotatable bonds is 6. The van der Waals surface area contributed by atoms with Crippen LogP contribution in [0, 0.1) is 16.2 Å². The molecule has 1 aromatic heterocycles. The van der Waals surface area contributed by atoms with E-state index in [1.54, 1.807) is 69.8 Å². The van der Waals surface area contributed by atoms with Crippen LogP contribution in [-0.2, 0) is 35.1 Å². The third-order valence-corrected chi connectivity index (χ3v) is 9.18. The molecule has 1 aliphatic carbocycles. The van der Waals surface area contributed by atoms with Crippen molar-refractivity contribution in [3.8, 4) is 0 Å². The average molecular weight is 538 g/mol. The Labute approximate surface area is 225 Å². The quantitative estimate of drug-likeness (QED) is 0.431. The summed E-state index contributed by atoms with van der Waals surface area (Å²) in [4.78, 5) is 59.5. The van der Waals surface area contributed by atoms with Gasteiger partial charge in [0.2, 0.25) is 0 Å². The highest BCUT2D eigenvalue weighted by Crippen LogP contribution is 2.76. The number of esters is 3. The lowest BCUT2D eigenvalue weighted by atomic mass is 9.52. The standard InChI is InChI=1S/C28H31N3O8/c1-25(2,3)27(36)14-18-26(15-19(32)37-18)24(35)39-23-28(26,27)20(38-22(34)17-8-5-4-6-9-17)21(33)31(23)12-7-11-30-13-10-29-16-30/h4-6,8-10,13,16,18,20,23,36H,7,11-12,14-15H2,1-3H3/t18-,20-,23-,26-,27+,28+/m0/s1. The largest absolute Gasteiger partial charge is 0.461 e. The summed E-state index contributed by atoms with van der Waals surface area (Å²) in [5, 5.41) is 12.6. The minimum atomic E-state index is -1.78. The fourth-order valence-corrected chi connectivity index (χ4v) is 7.41.